The van der Waals surface area contributed by atoms with Gasteiger partial charge in [-0.05, 0) is 25.1 Å². The van der Waals surface area contributed by atoms with Gasteiger partial charge in [0.2, 0.25) is 0 Å². The van der Waals surface area contributed by atoms with Crippen molar-refractivity contribution >= 4 is 17.3 Å². The van der Waals surface area contributed by atoms with Gasteiger partial charge in [0, 0.05) is 32.9 Å². The lowest BCUT2D eigenvalue weighted by molar-refractivity contribution is -0.125. The summed E-state index contributed by atoms with van der Waals surface area (Å²) < 4.78 is 5.57. The molecule has 1 aliphatic rings. The highest BCUT2D eigenvalue weighted by Gasteiger charge is 2.29. The van der Waals surface area contributed by atoms with E-state index < -0.39 is 6.10 Å². The fourth-order valence-corrected chi connectivity index (χ4v) is 2.06. The minimum Gasteiger partial charge on any atom is -0.479 e. The van der Waals surface area contributed by atoms with Crippen LogP contribution in [0, 0.1) is 0 Å². The summed E-state index contributed by atoms with van der Waals surface area (Å²) in [5.74, 6) is 0.718. The van der Waals surface area contributed by atoms with Crippen LogP contribution >= 0.6 is 0 Å². The number of amides is 1. The molecular weight excluding hydrogens is 230 g/mol. The van der Waals surface area contributed by atoms with E-state index in [9.17, 15) is 4.79 Å². The summed E-state index contributed by atoms with van der Waals surface area (Å²) in [5, 5.41) is 0. The quantitative estimate of drug-likeness (QED) is 0.862. The molecule has 2 N–H and O–H groups in total. The number of rotatable bonds is 3. The van der Waals surface area contributed by atoms with Crippen molar-refractivity contribution in [3.05, 3.63) is 18.2 Å². The fraction of sp³-hybridized carbons (Fsp3) is 0.462. The Kier molecular flexibility index (Phi) is 3.43. The Balaban J connectivity index is 2.34. The lowest BCUT2D eigenvalue weighted by Crippen LogP contribution is -2.42. The van der Waals surface area contributed by atoms with E-state index in [1.54, 1.807) is 18.9 Å². The number of carbonyl (C=O) groups excluding carboxylic acids is 1. The average Bonchev–Trinajstić information content (AvgIpc) is 2.36. The van der Waals surface area contributed by atoms with Crippen LogP contribution in [0.3, 0.4) is 0 Å². The first kappa shape index (κ1) is 12.7. The summed E-state index contributed by atoms with van der Waals surface area (Å²) in [6.45, 7) is 3.12. The Hall–Kier alpha value is -1.75. The van der Waals surface area contributed by atoms with Gasteiger partial charge in [0.15, 0.2) is 6.10 Å². The van der Waals surface area contributed by atoms with Crippen molar-refractivity contribution in [2.24, 2.45) is 5.73 Å². The lowest BCUT2D eigenvalue weighted by Gasteiger charge is -2.31. The zero-order valence-electron chi connectivity index (χ0n) is 11.0. The number of hydrogen-bond acceptors (Lipinski definition) is 4. The van der Waals surface area contributed by atoms with Crippen molar-refractivity contribution < 1.29 is 9.53 Å². The van der Waals surface area contributed by atoms with Gasteiger partial charge in [0.25, 0.3) is 5.91 Å². The largest absolute Gasteiger partial charge is 0.479 e. The first-order valence-electron chi connectivity index (χ1n) is 6.04. The maximum absolute atomic E-state index is 11.9. The lowest BCUT2D eigenvalue weighted by atomic mass is 10.1. The second-order valence-corrected chi connectivity index (χ2v) is 4.52. The molecule has 5 nitrogen and oxygen atoms in total. The standard InChI is InChI=1S/C13H19N3O2/c1-9-13(17)16(3)11-8-10(15(2)7-6-14)4-5-12(11)18-9/h4-5,8-9H,6-7,14H2,1-3H3. The normalized spacial score (nSPS) is 18.3. The van der Waals surface area contributed by atoms with E-state index in [2.05, 4.69) is 4.90 Å². The molecule has 98 valence electrons. The minimum atomic E-state index is -0.421. The molecule has 0 radical (unpaired) electrons. The molecular formula is C13H19N3O2. The molecule has 1 unspecified atom stereocenters. The van der Waals surface area contributed by atoms with Crippen molar-refractivity contribution in [2.45, 2.75) is 13.0 Å². The van der Waals surface area contributed by atoms with Gasteiger partial charge in [0.05, 0.1) is 5.69 Å². The van der Waals surface area contributed by atoms with Gasteiger partial charge < -0.3 is 20.3 Å². The number of ether oxygens (including phenoxy) is 1. The fourth-order valence-electron chi connectivity index (χ4n) is 2.06. The zero-order chi connectivity index (χ0) is 13.3. The van der Waals surface area contributed by atoms with Gasteiger partial charge in [0.1, 0.15) is 5.75 Å². The average molecular weight is 249 g/mol. The summed E-state index contributed by atoms with van der Waals surface area (Å²) in [6.07, 6.45) is -0.421. The highest BCUT2D eigenvalue weighted by atomic mass is 16.5. The van der Waals surface area contributed by atoms with E-state index in [-0.39, 0.29) is 5.91 Å². The Labute approximate surface area is 107 Å². The molecule has 1 atom stereocenters. The van der Waals surface area contributed by atoms with E-state index in [4.69, 9.17) is 10.5 Å². The van der Waals surface area contributed by atoms with E-state index in [1.807, 2.05) is 25.2 Å². The number of likely N-dealkylation sites (N-methyl/N-ethyl adjacent to an activating group) is 2. The Morgan fingerprint density at radius 2 is 2.22 bits per heavy atom. The predicted octanol–water partition coefficient (Wildman–Crippen LogP) is 0.825. The summed E-state index contributed by atoms with van der Waals surface area (Å²) in [4.78, 5) is 15.6. The summed E-state index contributed by atoms with van der Waals surface area (Å²) in [5.41, 5.74) is 7.37. The van der Waals surface area contributed by atoms with Crippen LogP contribution in [-0.4, -0.2) is 39.2 Å². The van der Waals surface area contributed by atoms with Gasteiger partial charge in [-0.3, -0.25) is 4.79 Å². The van der Waals surface area contributed by atoms with Crippen LogP contribution in [0.1, 0.15) is 6.92 Å². The molecule has 0 fully saturated rings. The van der Waals surface area contributed by atoms with Crippen LogP contribution in [-0.2, 0) is 4.79 Å². The van der Waals surface area contributed by atoms with Crippen LogP contribution < -0.4 is 20.3 Å². The molecule has 0 spiro atoms. The Morgan fingerprint density at radius 3 is 2.89 bits per heavy atom. The number of benzene rings is 1. The molecule has 0 bridgehead atoms. The van der Waals surface area contributed by atoms with E-state index in [1.165, 1.54) is 0 Å². The SMILES string of the molecule is CC1Oc2ccc(N(C)CCN)cc2N(C)C1=O. The second-order valence-electron chi connectivity index (χ2n) is 4.52. The second kappa shape index (κ2) is 4.86. The number of nitrogens with zero attached hydrogens (tertiary/aromatic N) is 2. The van der Waals surface area contributed by atoms with Crippen molar-refractivity contribution in [1.29, 1.82) is 0 Å². The monoisotopic (exact) mass is 249 g/mol. The third-order valence-corrected chi connectivity index (χ3v) is 3.19. The molecule has 2 rings (SSSR count). The number of carbonyl (C=O) groups is 1. The van der Waals surface area contributed by atoms with Crippen molar-refractivity contribution in [3.8, 4) is 5.75 Å². The van der Waals surface area contributed by atoms with Crippen molar-refractivity contribution in [2.75, 3.05) is 37.0 Å². The zero-order valence-corrected chi connectivity index (χ0v) is 11.0. The molecule has 5 heteroatoms. The topological polar surface area (TPSA) is 58.8 Å². The Bertz CT molecular complexity index is 462. The van der Waals surface area contributed by atoms with Crippen LogP contribution in [0.2, 0.25) is 0 Å². The molecule has 0 aliphatic carbocycles. The van der Waals surface area contributed by atoms with Crippen molar-refractivity contribution in [3.63, 3.8) is 0 Å². The van der Waals surface area contributed by atoms with Gasteiger partial charge in [-0.15, -0.1) is 0 Å². The smallest absolute Gasteiger partial charge is 0.267 e. The van der Waals surface area contributed by atoms with Crippen molar-refractivity contribution in [1.82, 2.24) is 0 Å². The molecule has 18 heavy (non-hydrogen) atoms. The molecule has 1 aromatic carbocycles. The predicted molar refractivity (Wildman–Crippen MR) is 72.3 cm³/mol. The van der Waals surface area contributed by atoms with Gasteiger partial charge in [-0.25, -0.2) is 0 Å². The number of hydrogen-bond donors (Lipinski definition) is 1. The highest BCUT2D eigenvalue weighted by molar-refractivity contribution is 5.99. The maximum Gasteiger partial charge on any atom is 0.267 e. The molecule has 0 saturated carbocycles. The number of fused-ring (bicyclic) bond motifs is 1. The Morgan fingerprint density at radius 1 is 1.50 bits per heavy atom. The highest BCUT2D eigenvalue weighted by Crippen LogP contribution is 2.36. The molecule has 1 heterocycles. The minimum absolute atomic E-state index is 0.0267. The van der Waals surface area contributed by atoms with Crippen LogP contribution in [0.5, 0.6) is 5.75 Å². The molecule has 1 aromatic rings. The molecule has 1 aliphatic heterocycles. The van der Waals surface area contributed by atoms with Crippen LogP contribution in [0.15, 0.2) is 18.2 Å². The van der Waals surface area contributed by atoms with E-state index >= 15 is 0 Å². The third-order valence-electron chi connectivity index (χ3n) is 3.19. The van der Waals surface area contributed by atoms with Gasteiger partial charge in [-0.2, -0.15) is 0 Å². The molecule has 1 amide bonds. The molecule has 0 saturated heterocycles. The molecule has 0 aromatic heterocycles. The maximum atomic E-state index is 11.9. The first-order valence-corrected chi connectivity index (χ1v) is 6.04. The third kappa shape index (κ3) is 2.13. The number of anilines is 2. The summed E-state index contributed by atoms with van der Waals surface area (Å²) in [7, 11) is 3.75. The van der Waals surface area contributed by atoms with Gasteiger partial charge in [-0.1, -0.05) is 0 Å². The van der Waals surface area contributed by atoms with Gasteiger partial charge >= 0.3 is 0 Å². The van der Waals surface area contributed by atoms with Crippen LogP contribution in [0.25, 0.3) is 0 Å². The summed E-state index contributed by atoms with van der Waals surface area (Å²) in [6, 6.07) is 5.83. The first-order chi connectivity index (χ1) is 8.54. The van der Waals surface area contributed by atoms with E-state index in [0.717, 1.165) is 23.7 Å². The number of nitrogens with two attached hydrogens (primary N) is 1. The summed E-state index contributed by atoms with van der Waals surface area (Å²) >= 11 is 0. The van der Waals surface area contributed by atoms with Crippen LogP contribution in [0.4, 0.5) is 11.4 Å². The van der Waals surface area contributed by atoms with E-state index in [0.29, 0.717) is 6.54 Å².